The zero-order valence-corrected chi connectivity index (χ0v) is 9.19. The monoisotopic (exact) mass is 197 g/mol. The van der Waals surface area contributed by atoms with Gasteiger partial charge in [-0.2, -0.15) is 4.80 Å². The summed E-state index contributed by atoms with van der Waals surface area (Å²) in [6, 6.07) is 0.573. The smallest absolute Gasteiger partial charge is 0.174 e. The van der Waals surface area contributed by atoms with Gasteiger partial charge in [0.05, 0.1) is 7.05 Å². The molecular formula is C9H19N5. The van der Waals surface area contributed by atoms with E-state index in [1.165, 1.54) is 4.80 Å². The van der Waals surface area contributed by atoms with Crippen molar-refractivity contribution in [2.45, 2.75) is 39.2 Å². The van der Waals surface area contributed by atoms with Gasteiger partial charge in [0.1, 0.15) is 0 Å². The minimum atomic E-state index is 0.573. The molecule has 0 saturated heterocycles. The molecule has 0 bridgehead atoms. The van der Waals surface area contributed by atoms with Crippen LogP contribution in [-0.4, -0.2) is 32.8 Å². The summed E-state index contributed by atoms with van der Waals surface area (Å²) in [5, 5.41) is 15.3. The fraction of sp³-hybridized carbons (Fsp3) is 0.889. The van der Waals surface area contributed by atoms with Crippen molar-refractivity contribution in [3.05, 3.63) is 5.82 Å². The van der Waals surface area contributed by atoms with Gasteiger partial charge in [0.2, 0.25) is 0 Å². The maximum absolute atomic E-state index is 4.14. The molecule has 0 aliphatic rings. The molecule has 0 fully saturated rings. The number of tetrazole rings is 1. The number of aromatic nitrogens is 4. The molecule has 1 unspecified atom stereocenters. The fourth-order valence-electron chi connectivity index (χ4n) is 1.47. The molecule has 5 heteroatoms. The van der Waals surface area contributed by atoms with E-state index in [1.54, 1.807) is 7.05 Å². The standard InChI is InChI=1S/C9H19N5/c1-4-8(10-5-2)6-7-9-11-13-14(3)12-9/h8,10H,4-7H2,1-3H3. The van der Waals surface area contributed by atoms with Crippen molar-refractivity contribution < 1.29 is 0 Å². The van der Waals surface area contributed by atoms with Gasteiger partial charge >= 0.3 is 0 Å². The summed E-state index contributed by atoms with van der Waals surface area (Å²) in [7, 11) is 1.79. The van der Waals surface area contributed by atoms with E-state index in [2.05, 4.69) is 34.6 Å². The van der Waals surface area contributed by atoms with Gasteiger partial charge in [0.15, 0.2) is 5.82 Å². The number of hydrogen-bond acceptors (Lipinski definition) is 4. The van der Waals surface area contributed by atoms with Crippen LogP contribution in [0.2, 0.25) is 0 Å². The van der Waals surface area contributed by atoms with Crippen molar-refractivity contribution in [1.82, 2.24) is 25.5 Å². The van der Waals surface area contributed by atoms with Gasteiger partial charge in [0, 0.05) is 12.5 Å². The highest BCUT2D eigenvalue weighted by Gasteiger charge is 2.07. The van der Waals surface area contributed by atoms with E-state index in [0.717, 1.165) is 31.6 Å². The van der Waals surface area contributed by atoms with E-state index in [9.17, 15) is 0 Å². The second kappa shape index (κ2) is 5.70. The minimum Gasteiger partial charge on any atom is -0.314 e. The molecule has 1 N–H and O–H groups in total. The summed E-state index contributed by atoms with van der Waals surface area (Å²) in [4.78, 5) is 1.50. The molecule has 1 rings (SSSR count). The molecular weight excluding hydrogens is 178 g/mol. The largest absolute Gasteiger partial charge is 0.314 e. The first-order chi connectivity index (χ1) is 6.76. The lowest BCUT2D eigenvalue weighted by molar-refractivity contribution is 0.476. The molecule has 80 valence electrons. The molecule has 0 aromatic carbocycles. The molecule has 1 atom stereocenters. The van der Waals surface area contributed by atoms with Gasteiger partial charge in [-0.05, 0) is 24.6 Å². The third-order valence-corrected chi connectivity index (χ3v) is 2.25. The molecule has 14 heavy (non-hydrogen) atoms. The maximum Gasteiger partial charge on any atom is 0.174 e. The first-order valence-electron chi connectivity index (χ1n) is 5.22. The van der Waals surface area contributed by atoms with Crippen molar-refractivity contribution in [3.8, 4) is 0 Å². The van der Waals surface area contributed by atoms with E-state index in [4.69, 9.17) is 0 Å². The molecule has 0 aliphatic heterocycles. The quantitative estimate of drug-likeness (QED) is 0.723. The zero-order chi connectivity index (χ0) is 10.4. The predicted octanol–water partition coefficient (Wildman–Crippen LogP) is 0.531. The van der Waals surface area contributed by atoms with E-state index < -0.39 is 0 Å². The lowest BCUT2D eigenvalue weighted by atomic mass is 10.1. The van der Waals surface area contributed by atoms with Crippen LogP contribution >= 0.6 is 0 Å². The molecule has 1 aromatic heterocycles. The predicted molar refractivity (Wildman–Crippen MR) is 54.9 cm³/mol. The van der Waals surface area contributed by atoms with E-state index >= 15 is 0 Å². The van der Waals surface area contributed by atoms with Crippen LogP contribution in [0.15, 0.2) is 0 Å². The average molecular weight is 197 g/mol. The summed E-state index contributed by atoms with van der Waals surface area (Å²) in [5.74, 6) is 0.837. The van der Waals surface area contributed by atoms with Crippen molar-refractivity contribution in [2.75, 3.05) is 6.54 Å². The van der Waals surface area contributed by atoms with Crippen LogP contribution in [-0.2, 0) is 13.5 Å². The SMILES string of the molecule is CCNC(CC)CCc1nnn(C)n1. The van der Waals surface area contributed by atoms with Crippen molar-refractivity contribution in [3.63, 3.8) is 0 Å². The number of nitrogens with one attached hydrogen (secondary N) is 1. The first-order valence-corrected chi connectivity index (χ1v) is 5.22. The maximum atomic E-state index is 4.14. The van der Waals surface area contributed by atoms with Gasteiger partial charge in [-0.25, -0.2) is 0 Å². The highest BCUT2D eigenvalue weighted by molar-refractivity contribution is 4.79. The van der Waals surface area contributed by atoms with Crippen LogP contribution in [0.4, 0.5) is 0 Å². The lowest BCUT2D eigenvalue weighted by Crippen LogP contribution is -2.28. The van der Waals surface area contributed by atoms with Crippen molar-refractivity contribution in [1.29, 1.82) is 0 Å². The van der Waals surface area contributed by atoms with Gasteiger partial charge < -0.3 is 5.32 Å². The molecule has 0 aliphatic carbocycles. The Balaban J connectivity index is 2.31. The number of aryl methyl sites for hydroxylation is 2. The first kappa shape index (κ1) is 11.1. The molecule has 5 nitrogen and oxygen atoms in total. The van der Waals surface area contributed by atoms with Crippen LogP contribution in [0, 0.1) is 0 Å². The highest BCUT2D eigenvalue weighted by atomic mass is 15.6. The summed E-state index contributed by atoms with van der Waals surface area (Å²) >= 11 is 0. The van der Waals surface area contributed by atoms with Crippen LogP contribution < -0.4 is 5.32 Å². The topological polar surface area (TPSA) is 55.6 Å². The number of rotatable bonds is 6. The normalized spacial score (nSPS) is 13.1. The summed E-state index contributed by atoms with van der Waals surface area (Å²) in [6.07, 6.45) is 3.13. The molecule has 1 aromatic rings. The van der Waals surface area contributed by atoms with Crippen molar-refractivity contribution in [2.24, 2.45) is 7.05 Å². The van der Waals surface area contributed by atoms with E-state index in [-0.39, 0.29) is 0 Å². The number of hydrogen-bond donors (Lipinski definition) is 1. The molecule has 1 heterocycles. The third kappa shape index (κ3) is 3.41. The van der Waals surface area contributed by atoms with E-state index in [0.29, 0.717) is 6.04 Å². The second-order valence-electron chi connectivity index (χ2n) is 3.40. The van der Waals surface area contributed by atoms with Gasteiger partial charge in [-0.3, -0.25) is 0 Å². The van der Waals surface area contributed by atoms with Crippen LogP contribution in [0.25, 0.3) is 0 Å². The average Bonchev–Trinajstić information content (AvgIpc) is 2.59. The highest BCUT2D eigenvalue weighted by Crippen LogP contribution is 2.01. The second-order valence-corrected chi connectivity index (χ2v) is 3.40. The Bertz CT molecular complexity index is 257. The van der Waals surface area contributed by atoms with Crippen LogP contribution in [0.1, 0.15) is 32.5 Å². The summed E-state index contributed by atoms with van der Waals surface area (Å²) in [6.45, 7) is 5.34. The summed E-state index contributed by atoms with van der Waals surface area (Å²) in [5.41, 5.74) is 0. The Morgan fingerprint density at radius 3 is 2.71 bits per heavy atom. The minimum absolute atomic E-state index is 0.573. The van der Waals surface area contributed by atoms with Gasteiger partial charge in [-0.1, -0.05) is 13.8 Å². The molecule has 0 saturated carbocycles. The van der Waals surface area contributed by atoms with Crippen LogP contribution in [0.5, 0.6) is 0 Å². The Morgan fingerprint density at radius 2 is 2.21 bits per heavy atom. The fourth-order valence-corrected chi connectivity index (χ4v) is 1.47. The number of nitrogens with zero attached hydrogens (tertiary/aromatic N) is 4. The Morgan fingerprint density at radius 1 is 1.43 bits per heavy atom. The molecule has 0 amide bonds. The molecule has 0 radical (unpaired) electrons. The Labute approximate surface area is 84.9 Å². The van der Waals surface area contributed by atoms with E-state index in [1.807, 2.05) is 0 Å². The third-order valence-electron chi connectivity index (χ3n) is 2.25. The summed E-state index contributed by atoms with van der Waals surface area (Å²) < 4.78 is 0. The van der Waals surface area contributed by atoms with Crippen LogP contribution in [0.3, 0.4) is 0 Å². The molecule has 0 spiro atoms. The van der Waals surface area contributed by atoms with Crippen molar-refractivity contribution >= 4 is 0 Å². The lowest BCUT2D eigenvalue weighted by Gasteiger charge is -2.13. The Kier molecular flexibility index (Phi) is 4.52. The Hall–Kier alpha value is -0.970. The van der Waals surface area contributed by atoms with Gasteiger partial charge in [-0.15, -0.1) is 10.2 Å². The zero-order valence-electron chi connectivity index (χ0n) is 9.19. The van der Waals surface area contributed by atoms with Gasteiger partial charge in [0.25, 0.3) is 0 Å².